The van der Waals surface area contributed by atoms with Crippen molar-refractivity contribution in [2.45, 2.75) is 18.7 Å². The second-order valence-corrected chi connectivity index (χ2v) is 5.60. The summed E-state index contributed by atoms with van der Waals surface area (Å²) < 4.78 is 44.1. The fraction of sp³-hybridized carbons (Fsp3) is 0.222. The maximum atomic E-state index is 13.0. The monoisotopic (exact) mass is 364 g/mol. The Balaban J connectivity index is 1.68. The van der Waals surface area contributed by atoms with Gasteiger partial charge in [0.15, 0.2) is 0 Å². The fourth-order valence-electron chi connectivity index (χ4n) is 2.52. The van der Waals surface area contributed by atoms with Crippen LogP contribution in [-0.2, 0) is 15.8 Å². The van der Waals surface area contributed by atoms with Crippen LogP contribution in [0, 0.1) is 0 Å². The van der Waals surface area contributed by atoms with E-state index in [9.17, 15) is 18.0 Å². The van der Waals surface area contributed by atoms with Gasteiger partial charge in [-0.05, 0) is 42.0 Å². The molecule has 2 aromatic carbocycles. The Hall–Kier alpha value is -3.03. The van der Waals surface area contributed by atoms with Crippen molar-refractivity contribution in [3.05, 3.63) is 59.7 Å². The van der Waals surface area contributed by atoms with E-state index in [4.69, 9.17) is 9.57 Å². The molecule has 136 valence electrons. The molecule has 0 saturated carbocycles. The molecule has 1 atom stereocenters. The van der Waals surface area contributed by atoms with Crippen LogP contribution in [0.2, 0.25) is 0 Å². The third kappa shape index (κ3) is 3.79. The predicted octanol–water partition coefficient (Wildman–Crippen LogP) is 3.85. The zero-order valence-corrected chi connectivity index (χ0v) is 13.7. The number of halogens is 3. The first-order chi connectivity index (χ1) is 12.4. The Morgan fingerprint density at radius 2 is 1.88 bits per heavy atom. The number of hydrogen-bond donors (Lipinski definition) is 1. The van der Waals surface area contributed by atoms with Crippen molar-refractivity contribution in [2.75, 3.05) is 12.4 Å². The molecule has 1 amide bonds. The number of rotatable bonds is 4. The largest absolute Gasteiger partial charge is 0.497 e. The standard InChI is InChI=1S/C18H15F3N2O3/c1-25-12-8-6-11(7-9-12)15-10-16(26-23-15)17(24)22-14-5-3-2-4-13(14)18(19,20)21/h2-9,16H,10H2,1H3,(H,22,24). The van der Waals surface area contributed by atoms with Gasteiger partial charge in [0.2, 0.25) is 6.10 Å². The van der Waals surface area contributed by atoms with E-state index in [2.05, 4.69) is 10.5 Å². The van der Waals surface area contributed by atoms with Crippen LogP contribution in [0.4, 0.5) is 18.9 Å². The first kappa shape index (κ1) is 17.8. The number of hydrogen-bond acceptors (Lipinski definition) is 4. The average Bonchev–Trinajstić information content (AvgIpc) is 3.11. The van der Waals surface area contributed by atoms with Gasteiger partial charge in [-0.25, -0.2) is 0 Å². The molecule has 1 aliphatic rings. The van der Waals surface area contributed by atoms with Crippen molar-refractivity contribution in [1.29, 1.82) is 0 Å². The van der Waals surface area contributed by atoms with Gasteiger partial charge < -0.3 is 14.9 Å². The number of carbonyl (C=O) groups is 1. The van der Waals surface area contributed by atoms with Crippen molar-refractivity contribution in [1.82, 2.24) is 0 Å². The van der Waals surface area contributed by atoms with Crippen molar-refractivity contribution < 1.29 is 27.5 Å². The van der Waals surface area contributed by atoms with Crippen LogP contribution in [0.25, 0.3) is 0 Å². The van der Waals surface area contributed by atoms with Gasteiger partial charge in [-0.3, -0.25) is 4.79 Å². The van der Waals surface area contributed by atoms with Gasteiger partial charge in [-0.15, -0.1) is 0 Å². The molecule has 1 unspecified atom stereocenters. The minimum atomic E-state index is -4.56. The van der Waals surface area contributed by atoms with Gasteiger partial charge in [-0.1, -0.05) is 17.3 Å². The van der Waals surface area contributed by atoms with Crippen molar-refractivity contribution in [3.63, 3.8) is 0 Å². The molecule has 0 spiro atoms. The molecule has 0 bridgehead atoms. The number of ether oxygens (including phenoxy) is 1. The number of oxime groups is 1. The molecular weight excluding hydrogens is 349 g/mol. The zero-order valence-electron chi connectivity index (χ0n) is 13.7. The number of para-hydroxylation sites is 1. The summed E-state index contributed by atoms with van der Waals surface area (Å²) in [5.74, 6) is -0.0136. The zero-order chi connectivity index (χ0) is 18.7. The van der Waals surface area contributed by atoms with Crippen LogP contribution >= 0.6 is 0 Å². The minimum Gasteiger partial charge on any atom is -0.497 e. The number of nitrogens with one attached hydrogen (secondary N) is 1. The highest BCUT2D eigenvalue weighted by molar-refractivity contribution is 6.06. The third-order valence-corrected chi connectivity index (χ3v) is 3.87. The summed E-state index contributed by atoms with van der Waals surface area (Å²) in [5.41, 5.74) is 0.0582. The number of nitrogens with zero attached hydrogens (tertiary/aromatic N) is 1. The van der Waals surface area contributed by atoms with E-state index in [1.165, 1.54) is 18.2 Å². The fourth-order valence-corrected chi connectivity index (χ4v) is 2.52. The van der Waals surface area contributed by atoms with Gasteiger partial charge in [0.1, 0.15) is 5.75 Å². The molecule has 0 fully saturated rings. The smallest absolute Gasteiger partial charge is 0.418 e. The highest BCUT2D eigenvalue weighted by Crippen LogP contribution is 2.34. The summed E-state index contributed by atoms with van der Waals surface area (Å²) >= 11 is 0. The molecule has 0 aromatic heterocycles. The van der Waals surface area contributed by atoms with Gasteiger partial charge in [0.05, 0.1) is 24.1 Å². The van der Waals surface area contributed by atoms with Crippen molar-refractivity contribution in [2.24, 2.45) is 5.16 Å². The molecular formula is C18H15F3N2O3. The first-order valence-corrected chi connectivity index (χ1v) is 7.72. The van der Waals surface area contributed by atoms with Crippen LogP contribution in [0.15, 0.2) is 53.7 Å². The van der Waals surface area contributed by atoms with E-state index in [1.54, 1.807) is 31.4 Å². The Bertz CT molecular complexity index is 832. The first-order valence-electron chi connectivity index (χ1n) is 7.72. The molecule has 26 heavy (non-hydrogen) atoms. The summed E-state index contributed by atoms with van der Waals surface area (Å²) in [6.45, 7) is 0. The molecule has 8 heteroatoms. The number of benzene rings is 2. The molecule has 2 aromatic rings. The second kappa shape index (κ2) is 7.07. The van der Waals surface area contributed by atoms with Crippen LogP contribution in [0.5, 0.6) is 5.75 Å². The number of alkyl halides is 3. The SMILES string of the molecule is COc1ccc(C2=NOC(C(=O)Nc3ccccc3C(F)(F)F)C2)cc1. The Kier molecular flexibility index (Phi) is 4.83. The number of methoxy groups -OCH3 is 1. The lowest BCUT2D eigenvalue weighted by Crippen LogP contribution is -2.29. The molecule has 3 rings (SSSR count). The van der Waals surface area contributed by atoms with Crippen LogP contribution < -0.4 is 10.1 Å². The summed E-state index contributed by atoms with van der Waals surface area (Å²) in [4.78, 5) is 17.4. The quantitative estimate of drug-likeness (QED) is 0.897. The minimum absolute atomic E-state index is 0.159. The molecule has 0 aliphatic carbocycles. The van der Waals surface area contributed by atoms with Gasteiger partial charge >= 0.3 is 6.18 Å². The summed E-state index contributed by atoms with van der Waals surface area (Å²) in [6, 6.07) is 11.8. The summed E-state index contributed by atoms with van der Waals surface area (Å²) in [5, 5.41) is 6.14. The van der Waals surface area contributed by atoms with Crippen molar-refractivity contribution >= 4 is 17.3 Å². The van der Waals surface area contributed by atoms with E-state index in [1.807, 2.05) is 0 Å². The normalized spacial score (nSPS) is 16.6. The lowest BCUT2D eigenvalue weighted by atomic mass is 10.0. The number of carbonyl (C=O) groups excluding carboxylic acids is 1. The van der Waals surface area contributed by atoms with E-state index in [-0.39, 0.29) is 12.1 Å². The second-order valence-electron chi connectivity index (χ2n) is 5.60. The summed E-state index contributed by atoms with van der Waals surface area (Å²) in [6.07, 6.45) is -5.40. The Morgan fingerprint density at radius 3 is 2.54 bits per heavy atom. The Labute approximate surface area is 147 Å². The molecule has 0 saturated heterocycles. The maximum Gasteiger partial charge on any atom is 0.418 e. The average molecular weight is 364 g/mol. The molecule has 1 N–H and O–H groups in total. The van der Waals surface area contributed by atoms with Crippen LogP contribution in [-0.4, -0.2) is 24.8 Å². The highest BCUT2D eigenvalue weighted by Gasteiger charge is 2.35. The topological polar surface area (TPSA) is 59.9 Å². The van der Waals surface area contributed by atoms with Crippen LogP contribution in [0.1, 0.15) is 17.5 Å². The Morgan fingerprint density at radius 1 is 1.19 bits per heavy atom. The highest BCUT2D eigenvalue weighted by atomic mass is 19.4. The lowest BCUT2D eigenvalue weighted by molar-refractivity contribution is -0.137. The molecule has 1 heterocycles. The third-order valence-electron chi connectivity index (χ3n) is 3.87. The van der Waals surface area contributed by atoms with Crippen molar-refractivity contribution in [3.8, 4) is 5.75 Å². The van der Waals surface area contributed by atoms with Gasteiger partial charge in [0, 0.05) is 6.42 Å². The van der Waals surface area contributed by atoms with Crippen LogP contribution in [0.3, 0.4) is 0 Å². The molecule has 0 radical (unpaired) electrons. The lowest BCUT2D eigenvalue weighted by Gasteiger charge is -2.15. The maximum absolute atomic E-state index is 13.0. The number of anilines is 1. The number of amides is 1. The predicted molar refractivity (Wildman–Crippen MR) is 89.1 cm³/mol. The molecule has 1 aliphatic heterocycles. The van der Waals surface area contributed by atoms with E-state index >= 15 is 0 Å². The van der Waals surface area contributed by atoms with Gasteiger partial charge in [-0.2, -0.15) is 13.2 Å². The van der Waals surface area contributed by atoms with Gasteiger partial charge in [0.25, 0.3) is 5.91 Å². The van der Waals surface area contributed by atoms with E-state index in [0.717, 1.165) is 11.6 Å². The summed E-state index contributed by atoms with van der Waals surface area (Å²) in [7, 11) is 1.55. The van der Waals surface area contributed by atoms with E-state index in [0.29, 0.717) is 11.5 Å². The van der Waals surface area contributed by atoms with E-state index < -0.39 is 23.8 Å². The molecule has 5 nitrogen and oxygen atoms in total.